The van der Waals surface area contributed by atoms with Gasteiger partial charge in [-0.25, -0.2) is 8.42 Å². The van der Waals surface area contributed by atoms with E-state index in [0.717, 1.165) is 5.69 Å². The first kappa shape index (κ1) is 12.0. The van der Waals surface area contributed by atoms with Gasteiger partial charge in [-0.2, -0.15) is 0 Å². The molecule has 1 atom stereocenters. The van der Waals surface area contributed by atoms with Gasteiger partial charge in [-0.05, 0) is 12.5 Å². The van der Waals surface area contributed by atoms with Crippen LogP contribution in [0.5, 0.6) is 5.75 Å². The molecule has 1 saturated heterocycles. The lowest BCUT2D eigenvalue weighted by Gasteiger charge is -2.14. The number of nitrogens with two attached hydrogens (primary N) is 1. The molecule has 1 aliphatic heterocycles. The van der Waals surface area contributed by atoms with Crippen molar-refractivity contribution in [2.75, 3.05) is 29.7 Å². The van der Waals surface area contributed by atoms with Crippen molar-refractivity contribution in [1.82, 2.24) is 0 Å². The fourth-order valence-electron chi connectivity index (χ4n) is 1.97. The number of ether oxygens (including phenoxy) is 1. The average molecular weight is 256 g/mol. The molecule has 1 heterocycles. The second-order valence-corrected chi connectivity index (χ2v) is 6.47. The smallest absolute Gasteiger partial charge is 0.152 e. The highest BCUT2D eigenvalue weighted by Crippen LogP contribution is 2.24. The lowest BCUT2D eigenvalue weighted by Crippen LogP contribution is -2.20. The van der Waals surface area contributed by atoms with Crippen molar-refractivity contribution < 1.29 is 13.2 Å². The number of rotatable bonds is 3. The maximum absolute atomic E-state index is 11.3. The Hall–Kier alpha value is -1.43. The Balaban J connectivity index is 2.11. The number of nitrogens with one attached hydrogen (secondary N) is 1. The number of benzene rings is 1. The molecule has 0 amide bonds. The Morgan fingerprint density at radius 2 is 2.18 bits per heavy atom. The Kier molecular flexibility index (Phi) is 3.15. The highest BCUT2D eigenvalue weighted by molar-refractivity contribution is 7.91. The SMILES string of the molecule is COc1cc(N)cc(NC2CCS(=O)(=O)C2)c1. The number of methoxy groups -OCH3 is 1. The molecule has 1 aromatic carbocycles. The molecule has 94 valence electrons. The van der Waals surface area contributed by atoms with Gasteiger partial charge in [0, 0.05) is 29.5 Å². The van der Waals surface area contributed by atoms with Crippen LogP contribution in [0.1, 0.15) is 6.42 Å². The summed E-state index contributed by atoms with van der Waals surface area (Å²) in [5, 5.41) is 3.17. The van der Waals surface area contributed by atoms with Gasteiger partial charge in [-0.1, -0.05) is 0 Å². The summed E-state index contributed by atoms with van der Waals surface area (Å²) in [6, 6.07) is 5.26. The fraction of sp³-hybridized carbons (Fsp3) is 0.455. The second kappa shape index (κ2) is 4.44. The lowest BCUT2D eigenvalue weighted by molar-refractivity contribution is 0.415. The summed E-state index contributed by atoms with van der Waals surface area (Å²) in [7, 11) is -1.30. The normalized spacial score (nSPS) is 22.3. The predicted molar refractivity (Wildman–Crippen MR) is 68.1 cm³/mol. The number of hydrogen-bond acceptors (Lipinski definition) is 5. The van der Waals surface area contributed by atoms with Crippen molar-refractivity contribution >= 4 is 21.2 Å². The van der Waals surface area contributed by atoms with E-state index in [9.17, 15) is 8.42 Å². The summed E-state index contributed by atoms with van der Waals surface area (Å²) >= 11 is 0. The second-order valence-electron chi connectivity index (χ2n) is 4.24. The van der Waals surface area contributed by atoms with Crippen LogP contribution >= 0.6 is 0 Å². The van der Waals surface area contributed by atoms with Crippen molar-refractivity contribution in [3.05, 3.63) is 18.2 Å². The molecule has 0 spiro atoms. The number of hydrogen-bond donors (Lipinski definition) is 2. The summed E-state index contributed by atoms with van der Waals surface area (Å²) < 4.78 is 27.8. The highest BCUT2D eigenvalue weighted by Gasteiger charge is 2.27. The van der Waals surface area contributed by atoms with Gasteiger partial charge < -0.3 is 15.8 Å². The van der Waals surface area contributed by atoms with Crippen LogP contribution in [-0.4, -0.2) is 33.1 Å². The van der Waals surface area contributed by atoms with Crippen molar-refractivity contribution in [3.63, 3.8) is 0 Å². The molecule has 0 bridgehead atoms. The zero-order valence-corrected chi connectivity index (χ0v) is 10.5. The van der Waals surface area contributed by atoms with Crippen LogP contribution in [0, 0.1) is 0 Å². The number of sulfone groups is 1. The quantitative estimate of drug-likeness (QED) is 0.784. The third kappa shape index (κ3) is 3.03. The Labute approximate surface area is 101 Å². The van der Waals surface area contributed by atoms with E-state index in [-0.39, 0.29) is 17.5 Å². The first-order chi connectivity index (χ1) is 7.98. The number of nitrogen functional groups attached to an aromatic ring is 1. The van der Waals surface area contributed by atoms with Crippen molar-refractivity contribution in [1.29, 1.82) is 0 Å². The lowest BCUT2D eigenvalue weighted by atomic mass is 10.2. The van der Waals surface area contributed by atoms with Gasteiger partial charge in [-0.15, -0.1) is 0 Å². The molecule has 1 aromatic rings. The average Bonchev–Trinajstić information content (AvgIpc) is 2.57. The molecule has 1 fully saturated rings. The van der Waals surface area contributed by atoms with Gasteiger partial charge in [0.25, 0.3) is 0 Å². The topological polar surface area (TPSA) is 81.4 Å². The summed E-state index contributed by atoms with van der Waals surface area (Å²) in [4.78, 5) is 0. The molecule has 0 saturated carbocycles. The first-order valence-corrected chi connectivity index (χ1v) is 7.22. The molecule has 0 radical (unpaired) electrons. The van der Waals surface area contributed by atoms with Crippen LogP contribution < -0.4 is 15.8 Å². The van der Waals surface area contributed by atoms with Crippen molar-refractivity contribution in [3.8, 4) is 5.75 Å². The minimum absolute atomic E-state index is 0.0356. The zero-order chi connectivity index (χ0) is 12.5. The Morgan fingerprint density at radius 1 is 1.41 bits per heavy atom. The van der Waals surface area contributed by atoms with Crippen LogP contribution in [-0.2, 0) is 9.84 Å². The summed E-state index contributed by atoms with van der Waals surface area (Å²) in [5.41, 5.74) is 7.11. The maximum Gasteiger partial charge on any atom is 0.152 e. The van der Waals surface area contributed by atoms with Gasteiger partial charge >= 0.3 is 0 Å². The van der Waals surface area contributed by atoms with E-state index in [1.54, 1.807) is 25.3 Å². The van der Waals surface area contributed by atoms with E-state index in [1.165, 1.54) is 0 Å². The van der Waals surface area contributed by atoms with Crippen LogP contribution in [0.25, 0.3) is 0 Å². The molecule has 3 N–H and O–H groups in total. The minimum Gasteiger partial charge on any atom is -0.497 e. The summed E-state index contributed by atoms with van der Waals surface area (Å²) in [6.45, 7) is 0. The van der Waals surface area contributed by atoms with Gasteiger partial charge in [0.05, 0.1) is 18.6 Å². The van der Waals surface area contributed by atoms with Gasteiger partial charge in [0.2, 0.25) is 0 Å². The van der Waals surface area contributed by atoms with Gasteiger partial charge in [0.15, 0.2) is 9.84 Å². The molecule has 17 heavy (non-hydrogen) atoms. The van der Waals surface area contributed by atoms with Gasteiger partial charge in [0.1, 0.15) is 5.75 Å². The van der Waals surface area contributed by atoms with Crippen LogP contribution in [0.2, 0.25) is 0 Å². The Morgan fingerprint density at radius 3 is 2.76 bits per heavy atom. The van der Waals surface area contributed by atoms with Crippen molar-refractivity contribution in [2.24, 2.45) is 0 Å². The van der Waals surface area contributed by atoms with E-state index in [4.69, 9.17) is 10.5 Å². The standard InChI is InChI=1S/C11H16N2O3S/c1-16-11-5-8(12)4-10(6-11)13-9-2-3-17(14,15)7-9/h4-6,9,13H,2-3,7,12H2,1H3. The molecule has 0 aliphatic carbocycles. The van der Waals surface area contributed by atoms with Gasteiger partial charge in [-0.3, -0.25) is 0 Å². The van der Waals surface area contributed by atoms with Crippen molar-refractivity contribution in [2.45, 2.75) is 12.5 Å². The van der Waals surface area contributed by atoms with E-state index in [1.807, 2.05) is 0 Å². The third-order valence-electron chi connectivity index (χ3n) is 2.77. The molecule has 6 heteroatoms. The summed E-state index contributed by atoms with van der Waals surface area (Å²) in [5.74, 6) is 1.10. The molecule has 5 nitrogen and oxygen atoms in total. The van der Waals surface area contributed by atoms with E-state index >= 15 is 0 Å². The molecule has 0 aromatic heterocycles. The van der Waals surface area contributed by atoms with E-state index in [2.05, 4.69) is 5.32 Å². The zero-order valence-electron chi connectivity index (χ0n) is 9.64. The monoisotopic (exact) mass is 256 g/mol. The van der Waals surface area contributed by atoms with Crippen LogP contribution in [0.15, 0.2) is 18.2 Å². The molecule has 1 aliphatic rings. The van der Waals surface area contributed by atoms with E-state index < -0.39 is 9.84 Å². The largest absolute Gasteiger partial charge is 0.497 e. The van der Waals surface area contributed by atoms with Crippen LogP contribution in [0.3, 0.4) is 0 Å². The fourth-order valence-corrected chi connectivity index (χ4v) is 3.64. The highest BCUT2D eigenvalue weighted by atomic mass is 32.2. The van der Waals surface area contributed by atoms with Crippen LogP contribution in [0.4, 0.5) is 11.4 Å². The third-order valence-corrected chi connectivity index (χ3v) is 4.54. The first-order valence-electron chi connectivity index (χ1n) is 5.40. The Bertz CT molecular complexity index is 513. The number of anilines is 2. The maximum atomic E-state index is 11.3. The molecular formula is C11H16N2O3S. The molecular weight excluding hydrogens is 240 g/mol. The molecule has 2 rings (SSSR count). The van der Waals surface area contributed by atoms with E-state index in [0.29, 0.717) is 17.9 Å². The predicted octanol–water partition coefficient (Wildman–Crippen LogP) is 0.876. The minimum atomic E-state index is -2.87. The summed E-state index contributed by atoms with van der Waals surface area (Å²) in [6.07, 6.45) is 0.638. The molecule has 1 unspecified atom stereocenters.